The van der Waals surface area contributed by atoms with Gasteiger partial charge in [-0.25, -0.2) is 4.79 Å². The van der Waals surface area contributed by atoms with E-state index >= 15 is 0 Å². The van der Waals surface area contributed by atoms with E-state index in [-0.39, 0.29) is 35.5 Å². The van der Waals surface area contributed by atoms with E-state index in [9.17, 15) is 9.59 Å². The molecule has 0 spiro atoms. The largest absolute Gasteiger partial charge is 0.494 e. The number of rotatable bonds is 7. The molecule has 0 radical (unpaired) electrons. The Morgan fingerprint density at radius 3 is 2.48 bits per heavy atom. The second kappa shape index (κ2) is 12.6. The Kier molecular flexibility index (Phi) is 8.61. The zero-order chi connectivity index (χ0) is 32.6. The minimum absolute atomic E-state index is 0.178. The van der Waals surface area contributed by atoms with Crippen molar-refractivity contribution in [2.45, 2.75) is 70.1 Å². The highest BCUT2D eigenvalue weighted by molar-refractivity contribution is 6.01. The van der Waals surface area contributed by atoms with Crippen LogP contribution in [0, 0.1) is 0 Å². The van der Waals surface area contributed by atoms with Crippen molar-refractivity contribution in [3.8, 4) is 11.5 Å². The quantitative estimate of drug-likeness (QED) is 0.232. The second-order valence-electron chi connectivity index (χ2n) is 13.2. The number of benzene rings is 2. The van der Waals surface area contributed by atoms with Gasteiger partial charge < -0.3 is 25.4 Å². The molecule has 3 N–H and O–H groups in total. The van der Waals surface area contributed by atoms with Crippen molar-refractivity contribution in [1.29, 1.82) is 0 Å². The summed E-state index contributed by atoms with van der Waals surface area (Å²) < 4.78 is 14.3. The van der Waals surface area contributed by atoms with Gasteiger partial charge in [-0.05, 0) is 85.6 Å². The fourth-order valence-electron chi connectivity index (χ4n) is 6.60. The number of ether oxygens (including phenoxy) is 2. The predicted octanol–water partition coefficient (Wildman–Crippen LogP) is 5.94. The average molecular weight is 626 g/mol. The van der Waals surface area contributed by atoms with Gasteiger partial charge in [0.15, 0.2) is 17.2 Å². The Morgan fingerprint density at radius 1 is 1.00 bits per heavy atom. The van der Waals surface area contributed by atoms with Crippen LogP contribution in [0.3, 0.4) is 0 Å². The zero-order valence-electron chi connectivity index (χ0n) is 27.4. The number of nitrogens with one attached hydrogen (secondary N) is 3. The molecule has 0 saturated carbocycles. The van der Waals surface area contributed by atoms with Gasteiger partial charge in [0, 0.05) is 7.05 Å². The first kappa shape index (κ1) is 31.3. The molecule has 0 bridgehead atoms. The lowest BCUT2D eigenvalue weighted by Gasteiger charge is -2.32. The van der Waals surface area contributed by atoms with Crippen molar-refractivity contribution in [1.82, 2.24) is 30.1 Å². The summed E-state index contributed by atoms with van der Waals surface area (Å²) in [6.45, 7) is 7.22. The number of amides is 3. The van der Waals surface area contributed by atoms with Crippen LogP contribution in [0.2, 0.25) is 0 Å². The van der Waals surface area contributed by atoms with Gasteiger partial charge in [0.1, 0.15) is 11.9 Å². The number of hydrogen-bond acceptors (Lipinski definition) is 7. The first-order valence-corrected chi connectivity index (χ1v) is 15.9. The molecule has 6 rings (SSSR count). The second-order valence-corrected chi connectivity index (χ2v) is 13.2. The van der Waals surface area contributed by atoms with Crippen LogP contribution in [-0.2, 0) is 5.41 Å². The maximum atomic E-state index is 13.5. The highest BCUT2D eigenvalue weighted by Crippen LogP contribution is 2.40. The molecule has 1 unspecified atom stereocenters. The fraction of sp³-hybridized carbons (Fsp3) is 0.429. The summed E-state index contributed by atoms with van der Waals surface area (Å²) in [5.41, 5.74) is 4.28. The van der Waals surface area contributed by atoms with Crippen LogP contribution in [0.15, 0.2) is 54.7 Å². The first-order valence-electron chi connectivity index (χ1n) is 15.9. The highest BCUT2D eigenvalue weighted by Gasteiger charge is 2.31. The molecule has 11 heteroatoms. The zero-order valence-corrected chi connectivity index (χ0v) is 27.4. The molecule has 2 aromatic carbocycles. The summed E-state index contributed by atoms with van der Waals surface area (Å²) in [6, 6.07) is 15.3. The summed E-state index contributed by atoms with van der Waals surface area (Å²) in [4.78, 5) is 28.5. The van der Waals surface area contributed by atoms with E-state index in [0.717, 1.165) is 53.3 Å². The maximum absolute atomic E-state index is 13.5. The Labute approximate surface area is 269 Å². The van der Waals surface area contributed by atoms with Gasteiger partial charge in [0.2, 0.25) is 0 Å². The molecule has 3 atom stereocenters. The number of fused-ring (bicyclic) bond motifs is 2. The minimum atomic E-state index is -0.381. The number of hydrogen-bond donors (Lipinski definition) is 3. The monoisotopic (exact) mass is 625 g/mol. The minimum Gasteiger partial charge on any atom is -0.494 e. The lowest BCUT2D eigenvalue weighted by atomic mass is 9.85. The maximum Gasteiger partial charge on any atom is 0.319 e. The molecular formula is C35H43N7O4. The Bertz CT molecular complexity index is 1760. The fourth-order valence-corrected chi connectivity index (χ4v) is 6.60. The van der Waals surface area contributed by atoms with E-state index in [1.165, 1.54) is 7.11 Å². The smallest absolute Gasteiger partial charge is 0.319 e. The van der Waals surface area contributed by atoms with Gasteiger partial charge in [-0.2, -0.15) is 0 Å². The number of likely N-dealkylation sites (tertiary alicyclic amines) is 1. The van der Waals surface area contributed by atoms with Crippen LogP contribution < -0.4 is 25.4 Å². The molecule has 3 amide bonds. The van der Waals surface area contributed by atoms with Gasteiger partial charge in [0.25, 0.3) is 5.91 Å². The Hall–Kier alpha value is -4.64. The third kappa shape index (κ3) is 6.11. The third-order valence-electron chi connectivity index (χ3n) is 9.12. The molecule has 1 saturated heterocycles. The average Bonchev–Trinajstić information content (AvgIpc) is 3.66. The van der Waals surface area contributed by atoms with Gasteiger partial charge in [0.05, 0.1) is 36.6 Å². The van der Waals surface area contributed by atoms with Crippen molar-refractivity contribution >= 4 is 23.3 Å². The van der Waals surface area contributed by atoms with Crippen molar-refractivity contribution in [3.63, 3.8) is 0 Å². The molecule has 1 fully saturated rings. The van der Waals surface area contributed by atoms with Crippen LogP contribution in [-0.4, -0.2) is 59.2 Å². The summed E-state index contributed by atoms with van der Waals surface area (Å²) >= 11 is 0. The molecule has 1 aliphatic heterocycles. The van der Waals surface area contributed by atoms with Crippen molar-refractivity contribution < 1.29 is 19.1 Å². The van der Waals surface area contributed by atoms with Gasteiger partial charge >= 0.3 is 6.03 Å². The molecule has 2 aliphatic rings. The summed E-state index contributed by atoms with van der Waals surface area (Å²) in [5, 5.41) is 17.7. The molecular weight excluding hydrogens is 582 g/mol. The first-order chi connectivity index (χ1) is 22.1. The number of methoxy groups -OCH3 is 1. The molecule has 4 aromatic rings. The van der Waals surface area contributed by atoms with E-state index in [4.69, 9.17) is 9.47 Å². The van der Waals surface area contributed by atoms with Gasteiger partial charge in [-0.3, -0.25) is 14.1 Å². The Morgan fingerprint density at radius 2 is 1.78 bits per heavy atom. The highest BCUT2D eigenvalue weighted by atomic mass is 16.5. The van der Waals surface area contributed by atoms with Crippen molar-refractivity contribution in [3.05, 3.63) is 82.8 Å². The molecule has 3 heterocycles. The van der Waals surface area contributed by atoms with Crippen molar-refractivity contribution in [2.75, 3.05) is 33.1 Å². The van der Waals surface area contributed by atoms with Crippen LogP contribution in [0.25, 0.3) is 5.65 Å². The van der Waals surface area contributed by atoms with Crippen molar-refractivity contribution in [2.24, 2.45) is 0 Å². The summed E-state index contributed by atoms with van der Waals surface area (Å²) in [5.74, 6) is 1.71. The number of carbonyl (C=O) groups excluding carboxylic acids is 2. The topological polar surface area (TPSA) is 122 Å². The summed E-state index contributed by atoms with van der Waals surface area (Å²) in [6.07, 6.45) is 5.41. The number of pyridine rings is 1. The lowest BCUT2D eigenvalue weighted by molar-refractivity contribution is 0.0960. The number of aromatic nitrogens is 3. The SMILES string of the molecule is CNC(=O)c1cc(C(C)(C)C)cc(NC(=O)N[C@H]2CC[C@@H](Oc3ccc4nnc(C5CCCN5C)n4c3)c3ccccc32)c1OC. The van der Waals surface area contributed by atoms with Crippen LogP contribution in [0.5, 0.6) is 11.5 Å². The Balaban J connectivity index is 1.21. The molecule has 46 heavy (non-hydrogen) atoms. The van der Waals surface area contributed by atoms with Gasteiger partial charge in [-0.1, -0.05) is 45.0 Å². The summed E-state index contributed by atoms with van der Waals surface area (Å²) in [7, 11) is 5.20. The standard InChI is InChI=1S/C35H43N7O4/c1-35(2,3)21-18-25(33(43)36-4)31(45-6)27(19-21)38-34(44)37-26-14-15-29(24-11-8-7-10-23(24)26)46-22-13-16-30-39-40-32(42(30)20-22)28-12-9-17-41(28)5/h7-8,10-11,13,16,18-20,26,28-29H,9,12,14-15,17H2,1-6H3,(H,36,43)(H2,37,38,44)/t26-,28?,29+/m0/s1. The number of carbonyl (C=O) groups is 2. The van der Waals surface area contributed by atoms with Crippen LogP contribution in [0.1, 0.15) is 97.5 Å². The predicted molar refractivity (Wildman–Crippen MR) is 177 cm³/mol. The number of urea groups is 1. The number of anilines is 1. The third-order valence-corrected chi connectivity index (χ3v) is 9.12. The van der Waals surface area contributed by atoms with E-state index in [1.54, 1.807) is 7.05 Å². The van der Waals surface area contributed by atoms with E-state index < -0.39 is 0 Å². The lowest BCUT2D eigenvalue weighted by Crippen LogP contribution is -2.36. The van der Waals surface area contributed by atoms with Crippen LogP contribution >= 0.6 is 0 Å². The molecule has 2 aromatic heterocycles. The molecule has 242 valence electrons. The van der Waals surface area contributed by atoms with Crippen LogP contribution in [0.4, 0.5) is 10.5 Å². The molecule has 11 nitrogen and oxygen atoms in total. The normalized spacial score (nSPS) is 19.8. The molecule has 1 aliphatic carbocycles. The van der Waals surface area contributed by atoms with E-state index in [2.05, 4.69) is 64.9 Å². The van der Waals surface area contributed by atoms with Gasteiger partial charge in [-0.15, -0.1) is 10.2 Å². The van der Waals surface area contributed by atoms with E-state index in [1.807, 2.05) is 53.1 Å². The van der Waals surface area contributed by atoms with E-state index in [0.29, 0.717) is 29.8 Å². The number of nitrogens with zero attached hydrogens (tertiary/aromatic N) is 4.